The fourth-order valence-electron chi connectivity index (χ4n) is 0.289. The molecule has 1 nitrogen and oxygen atoms in total. The zero-order chi connectivity index (χ0) is 4.83. The van der Waals surface area contributed by atoms with E-state index in [0.717, 1.165) is 6.61 Å². The van der Waals surface area contributed by atoms with E-state index in [1.165, 1.54) is 12.8 Å². The third kappa shape index (κ3) is 10.7. The largest absolute Gasteiger partial charge is 0.385 e. The van der Waals surface area contributed by atoms with Crippen molar-refractivity contribution in [2.45, 2.75) is 27.2 Å². The van der Waals surface area contributed by atoms with Crippen molar-refractivity contribution in [2.24, 2.45) is 0 Å². The van der Waals surface area contributed by atoms with Crippen molar-refractivity contribution in [2.75, 3.05) is 13.7 Å². The molecule has 0 fully saturated rings. The standard InChI is InChI=1S/C5H12O.CH4/c1-3-4-5-6-2;/h3-5H2,1-2H3;1H4. The molecule has 0 aromatic heterocycles. The van der Waals surface area contributed by atoms with Crippen molar-refractivity contribution in [3.8, 4) is 0 Å². The first kappa shape index (κ1) is 10.0. The quantitative estimate of drug-likeness (QED) is 0.498. The highest BCUT2D eigenvalue weighted by atomic mass is 16.5. The molecule has 0 bridgehead atoms. The molecule has 0 unspecified atom stereocenters. The van der Waals surface area contributed by atoms with Gasteiger partial charge in [-0.15, -0.1) is 0 Å². The maximum Gasteiger partial charge on any atom is 0.0462 e. The SMILES string of the molecule is C.CCCCOC. The Bertz CT molecular complexity index is 16.1. The Kier molecular flexibility index (Phi) is 13.4. The lowest BCUT2D eigenvalue weighted by atomic mass is 10.4. The highest BCUT2D eigenvalue weighted by Gasteiger charge is 1.74. The van der Waals surface area contributed by atoms with E-state index in [1.807, 2.05) is 0 Å². The summed E-state index contributed by atoms with van der Waals surface area (Å²) in [7, 11) is 1.73. The van der Waals surface area contributed by atoms with Crippen LogP contribution in [-0.2, 0) is 4.74 Å². The van der Waals surface area contributed by atoms with Gasteiger partial charge in [-0.25, -0.2) is 0 Å². The van der Waals surface area contributed by atoms with E-state index < -0.39 is 0 Å². The zero-order valence-corrected chi connectivity index (χ0v) is 4.53. The molecule has 0 radical (unpaired) electrons. The normalized spacial score (nSPS) is 7.71. The summed E-state index contributed by atoms with van der Waals surface area (Å²) in [5.41, 5.74) is 0. The summed E-state index contributed by atoms with van der Waals surface area (Å²) in [5.74, 6) is 0. The lowest BCUT2D eigenvalue weighted by Crippen LogP contribution is -1.84. The number of ether oxygens (including phenoxy) is 1. The van der Waals surface area contributed by atoms with Gasteiger partial charge in [-0.3, -0.25) is 0 Å². The fourth-order valence-corrected chi connectivity index (χ4v) is 0.289. The van der Waals surface area contributed by atoms with Crippen LogP contribution >= 0.6 is 0 Å². The Morgan fingerprint density at radius 3 is 2.14 bits per heavy atom. The van der Waals surface area contributed by atoms with Crippen LogP contribution in [0.2, 0.25) is 0 Å². The van der Waals surface area contributed by atoms with E-state index in [9.17, 15) is 0 Å². The maximum atomic E-state index is 4.78. The van der Waals surface area contributed by atoms with Crippen molar-refractivity contribution in [3.05, 3.63) is 0 Å². The van der Waals surface area contributed by atoms with Crippen LogP contribution in [0.1, 0.15) is 27.2 Å². The summed E-state index contributed by atoms with van der Waals surface area (Å²) >= 11 is 0. The average molecular weight is 104 g/mol. The van der Waals surface area contributed by atoms with E-state index in [1.54, 1.807) is 7.11 Å². The van der Waals surface area contributed by atoms with Gasteiger partial charge >= 0.3 is 0 Å². The van der Waals surface area contributed by atoms with Crippen molar-refractivity contribution < 1.29 is 4.74 Å². The predicted octanol–water partition coefficient (Wildman–Crippen LogP) is 2.07. The monoisotopic (exact) mass is 104 g/mol. The summed E-state index contributed by atoms with van der Waals surface area (Å²) in [4.78, 5) is 0. The average Bonchev–Trinajstić information content (AvgIpc) is 1.61. The molecule has 0 spiro atoms. The Hall–Kier alpha value is -0.0400. The molecule has 7 heavy (non-hydrogen) atoms. The Morgan fingerprint density at radius 1 is 1.43 bits per heavy atom. The Labute approximate surface area is 46.7 Å². The first-order chi connectivity index (χ1) is 2.91. The first-order valence-electron chi connectivity index (χ1n) is 2.40. The summed E-state index contributed by atoms with van der Waals surface area (Å²) in [6, 6.07) is 0. The third-order valence-corrected chi connectivity index (χ3v) is 0.702. The van der Waals surface area contributed by atoms with Gasteiger partial charge in [-0.05, 0) is 6.42 Å². The lowest BCUT2D eigenvalue weighted by Gasteiger charge is -1.89. The summed E-state index contributed by atoms with van der Waals surface area (Å²) in [5, 5.41) is 0. The van der Waals surface area contributed by atoms with Crippen LogP contribution in [0, 0.1) is 0 Å². The van der Waals surface area contributed by atoms with Crippen LogP contribution in [0.5, 0.6) is 0 Å². The number of methoxy groups -OCH3 is 1. The van der Waals surface area contributed by atoms with E-state index in [4.69, 9.17) is 4.74 Å². The summed E-state index contributed by atoms with van der Waals surface area (Å²) < 4.78 is 4.78. The van der Waals surface area contributed by atoms with Crippen LogP contribution < -0.4 is 0 Å². The van der Waals surface area contributed by atoms with E-state index in [2.05, 4.69) is 6.92 Å². The van der Waals surface area contributed by atoms with Gasteiger partial charge in [0, 0.05) is 13.7 Å². The minimum atomic E-state index is 0. The topological polar surface area (TPSA) is 9.23 Å². The second-order valence-electron chi connectivity index (χ2n) is 1.35. The van der Waals surface area contributed by atoms with Crippen LogP contribution in [0.3, 0.4) is 0 Å². The molecule has 0 aliphatic rings. The molecule has 0 amide bonds. The van der Waals surface area contributed by atoms with Crippen LogP contribution in [-0.4, -0.2) is 13.7 Å². The van der Waals surface area contributed by atoms with E-state index >= 15 is 0 Å². The zero-order valence-electron chi connectivity index (χ0n) is 4.53. The fraction of sp³-hybridized carbons (Fsp3) is 1.00. The van der Waals surface area contributed by atoms with Gasteiger partial charge in [0.25, 0.3) is 0 Å². The number of unbranched alkanes of at least 4 members (excludes halogenated alkanes) is 1. The van der Waals surface area contributed by atoms with Crippen LogP contribution in [0.4, 0.5) is 0 Å². The van der Waals surface area contributed by atoms with Crippen LogP contribution in [0.15, 0.2) is 0 Å². The molecule has 0 N–H and O–H groups in total. The van der Waals surface area contributed by atoms with Crippen LogP contribution in [0.25, 0.3) is 0 Å². The summed E-state index contributed by atoms with van der Waals surface area (Å²) in [6.45, 7) is 3.07. The molecular formula is C6H16O. The van der Waals surface area contributed by atoms with Gasteiger partial charge in [-0.2, -0.15) is 0 Å². The molecular weight excluding hydrogens is 88.1 g/mol. The van der Waals surface area contributed by atoms with Crippen molar-refractivity contribution in [1.29, 1.82) is 0 Å². The van der Waals surface area contributed by atoms with Crippen molar-refractivity contribution >= 4 is 0 Å². The molecule has 0 aliphatic carbocycles. The smallest absolute Gasteiger partial charge is 0.0462 e. The van der Waals surface area contributed by atoms with Gasteiger partial charge in [-0.1, -0.05) is 20.8 Å². The molecule has 0 atom stereocenters. The number of rotatable bonds is 3. The number of hydrogen-bond donors (Lipinski definition) is 0. The molecule has 1 heteroatoms. The first-order valence-corrected chi connectivity index (χ1v) is 2.40. The van der Waals surface area contributed by atoms with E-state index in [0.29, 0.717) is 0 Å². The highest BCUT2D eigenvalue weighted by molar-refractivity contribution is 4.26. The molecule has 46 valence electrons. The molecule has 0 saturated carbocycles. The molecule has 0 heterocycles. The molecule has 0 aromatic rings. The minimum absolute atomic E-state index is 0. The Morgan fingerprint density at radius 2 is 2.00 bits per heavy atom. The highest BCUT2D eigenvalue weighted by Crippen LogP contribution is 1.83. The second kappa shape index (κ2) is 9.35. The lowest BCUT2D eigenvalue weighted by molar-refractivity contribution is 0.194. The van der Waals surface area contributed by atoms with Gasteiger partial charge in [0.05, 0.1) is 0 Å². The van der Waals surface area contributed by atoms with E-state index in [-0.39, 0.29) is 7.43 Å². The predicted molar refractivity (Wildman–Crippen MR) is 33.5 cm³/mol. The van der Waals surface area contributed by atoms with Gasteiger partial charge in [0.2, 0.25) is 0 Å². The second-order valence-corrected chi connectivity index (χ2v) is 1.35. The minimum Gasteiger partial charge on any atom is -0.385 e. The van der Waals surface area contributed by atoms with Crippen molar-refractivity contribution in [3.63, 3.8) is 0 Å². The molecule has 0 rings (SSSR count). The Balaban J connectivity index is 0. The molecule has 0 aliphatic heterocycles. The summed E-state index contributed by atoms with van der Waals surface area (Å²) in [6.07, 6.45) is 2.42. The van der Waals surface area contributed by atoms with Gasteiger partial charge in [0.1, 0.15) is 0 Å². The third-order valence-electron chi connectivity index (χ3n) is 0.702. The van der Waals surface area contributed by atoms with Gasteiger partial charge in [0.15, 0.2) is 0 Å². The molecule has 0 saturated heterocycles. The molecule has 0 aromatic carbocycles. The van der Waals surface area contributed by atoms with Gasteiger partial charge < -0.3 is 4.74 Å². The number of hydrogen-bond acceptors (Lipinski definition) is 1. The maximum absolute atomic E-state index is 4.78. The van der Waals surface area contributed by atoms with Crippen molar-refractivity contribution in [1.82, 2.24) is 0 Å².